The van der Waals surface area contributed by atoms with Gasteiger partial charge in [0.25, 0.3) is 0 Å². The molecule has 0 radical (unpaired) electrons. The minimum absolute atomic E-state index is 0.204. The summed E-state index contributed by atoms with van der Waals surface area (Å²) in [6, 6.07) is -0.643. The lowest BCUT2D eigenvalue weighted by Crippen LogP contribution is -2.26. The predicted molar refractivity (Wildman–Crippen MR) is 45.5 cm³/mol. The van der Waals surface area contributed by atoms with Gasteiger partial charge in [0.2, 0.25) is 5.91 Å². The summed E-state index contributed by atoms with van der Waals surface area (Å²) in [5.41, 5.74) is 4.89. The van der Waals surface area contributed by atoms with E-state index in [2.05, 4.69) is 10.3 Å². The quantitative estimate of drug-likeness (QED) is 0.671. The van der Waals surface area contributed by atoms with E-state index in [-0.39, 0.29) is 5.69 Å². The van der Waals surface area contributed by atoms with Crippen LogP contribution in [-0.2, 0) is 4.79 Å². The van der Waals surface area contributed by atoms with Crippen molar-refractivity contribution in [2.75, 3.05) is 0 Å². The molecule has 1 rings (SSSR count). The molecule has 0 spiro atoms. The molecule has 1 aromatic heterocycles. The summed E-state index contributed by atoms with van der Waals surface area (Å²) >= 11 is 0. The van der Waals surface area contributed by atoms with E-state index in [1.54, 1.807) is 6.92 Å². The molecule has 0 fully saturated rings. The normalized spacial score (nSPS) is 12.4. The number of aromatic carboxylic acids is 1. The Balaban J connectivity index is 2.95. The number of carboxylic acids is 1. The molecule has 1 amide bonds. The summed E-state index contributed by atoms with van der Waals surface area (Å²) in [4.78, 5) is 21.4. The van der Waals surface area contributed by atoms with Crippen LogP contribution in [0.25, 0.3) is 0 Å². The number of nitrogens with zero attached hydrogens (tertiary/aromatic N) is 3. The van der Waals surface area contributed by atoms with Crippen molar-refractivity contribution in [3.63, 3.8) is 0 Å². The fourth-order valence-corrected chi connectivity index (χ4v) is 1.05. The van der Waals surface area contributed by atoms with Crippen molar-refractivity contribution in [1.82, 2.24) is 15.0 Å². The van der Waals surface area contributed by atoms with Crippen LogP contribution in [0.2, 0.25) is 0 Å². The molecule has 0 saturated carbocycles. The molecule has 7 heteroatoms. The Morgan fingerprint density at radius 3 is 2.71 bits per heavy atom. The zero-order chi connectivity index (χ0) is 10.7. The number of rotatable bonds is 4. The number of primary amides is 1. The lowest BCUT2D eigenvalue weighted by atomic mass is 10.2. The van der Waals surface area contributed by atoms with E-state index >= 15 is 0 Å². The van der Waals surface area contributed by atoms with Crippen LogP contribution < -0.4 is 5.73 Å². The Kier molecular flexibility index (Phi) is 2.80. The summed E-state index contributed by atoms with van der Waals surface area (Å²) in [6.07, 6.45) is 1.62. The maximum atomic E-state index is 10.9. The van der Waals surface area contributed by atoms with Crippen molar-refractivity contribution >= 4 is 11.9 Å². The Bertz CT molecular complexity index is 360. The van der Waals surface area contributed by atoms with Gasteiger partial charge in [0.1, 0.15) is 6.04 Å². The summed E-state index contributed by atoms with van der Waals surface area (Å²) in [5, 5.41) is 15.4. The van der Waals surface area contributed by atoms with Crippen molar-refractivity contribution in [3.8, 4) is 0 Å². The van der Waals surface area contributed by atoms with Gasteiger partial charge in [0.05, 0.1) is 6.20 Å². The van der Waals surface area contributed by atoms with E-state index in [9.17, 15) is 9.59 Å². The van der Waals surface area contributed by atoms with Crippen molar-refractivity contribution < 1.29 is 14.7 Å². The lowest BCUT2D eigenvalue weighted by Gasteiger charge is -2.08. The van der Waals surface area contributed by atoms with Crippen molar-refractivity contribution in [3.05, 3.63) is 11.9 Å². The second-order valence-corrected chi connectivity index (χ2v) is 2.72. The molecule has 1 heterocycles. The lowest BCUT2D eigenvalue weighted by molar-refractivity contribution is -0.121. The number of carbonyl (C=O) groups is 2. The number of aromatic nitrogens is 3. The highest BCUT2D eigenvalue weighted by molar-refractivity contribution is 5.85. The van der Waals surface area contributed by atoms with Crippen LogP contribution in [0.5, 0.6) is 0 Å². The first-order chi connectivity index (χ1) is 6.56. The fraction of sp³-hybridized carbons (Fsp3) is 0.429. The van der Waals surface area contributed by atoms with Gasteiger partial charge < -0.3 is 10.8 Å². The molecule has 0 aliphatic rings. The van der Waals surface area contributed by atoms with E-state index in [0.29, 0.717) is 6.42 Å². The van der Waals surface area contributed by atoms with E-state index in [4.69, 9.17) is 10.8 Å². The summed E-state index contributed by atoms with van der Waals surface area (Å²) in [5.74, 6) is -1.75. The van der Waals surface area contributed by atoms with E-state index in [1.807, 2.05) is 0 Å². The zero-order valence-corrected chi connectivity index (χ0v) is 7.54. The van der Waals surface area contributed by atoms with Crippen LogP contribution in [-0.4, -0.2) is 32.0 Å². The molecule has 0 saturated heterocycles. The first-order valence-corrected chi connectivity index (χ1v) is 4.00. The Labute approximate surface area is 79.5 Å². The van der Waals surface area contributed by atoms with Crippen LogP contribution in [0.1, 0.15) is 29.9 Å². The third-order valence-corrected chi connectivity index (χ3v) is 1.76. The first kappa shape index (κ1) is 10.2. The molecule has 1 aromatic rings. The van der Waals surface area contributed by atoms with Crippen LogP contribution in [0.3, 0.4) is 0 Å². The molecule has 0 bridgehead atoms. The fourth-order valence-electron chi connectivity index (χ4n) is 1.05. The van der Waals surface area contributed by atoms with Crippen molar-refractivity contribution in [2.45, 2.75) is 19.4 Å². The average Bonchev–Trinajstić information content (AvgIpc) is 2.53. The van der Waals surface area contributed by atoms with Gasteiger partial charge >= 0.3 is 5.97 Å². The van der Waals surface area contributed by atoms with Gasteiger partial charge in [0, 0.05) is 0 Å². The van der Waals surface area contributed by atoms with Gasteiger partial charge in [0.15, 0.2) is 5.69 Å². The van der Waals surface area contributed by atoms with Gasteiger partial charge in [-0.05, 0) is 6.42 Å². The van der Waals surface area contributed by atoms with Gasteiger partial charge in [-0.2, -0.15) is 0 Å². The Hall–Kier alpha value is -1.92. The van der Waals surface area contributed by atoms with Gasteiger partial charge in [-0.15, -0.1) is 5.10 Å². The molecule has 3 N–H and O–H groups in total. The van der Waals surface area contributed by atoms with E-state index in [1.165, 1.54) is 6.20 Å². The molecule has 14 heavy (non-hydrogen) atoms. The maximum absolute atomic E-state index is 10.9. The number of carboxylic acid groups (broad SMARTS) is 1. The van der Waals surface area contributed by atoms with Gasteiger partial charge in [-0.25, -0.2) is 9.48 Å². The Morgan fingerprint density at radius 2 is 2.36 bits per heavy atom. The number of hydrogen-bond donors (Lipinski definition) is 2. The molecule has 1 atom stereocenters. The second kappa shape index (κ2) is 3.86. The van der Waals surface area contributed by atoms with Gasteiger partial charge in [-0.1, -0.05) is 12.1 Å². The van der Waals surface area contributed by atoms with E-state index in [0.717, 1.165) is 4.68 Å². The monoisotopic (exact) mass is 198 g/mol. The summed E-state index contributed by atoms with van der Waals surface area (Å²) < 4.78 is 1.16. The molecular formula is C7H10N4O3. The molecule has 0 aliphatic carbocycles. The molecular weight excluding hydrogens is 188 g/mol. The molecule has 0 aliphatic heterocycles. The van der Waals surface area contributed by atoms with E-state index < -0.39 is 17.9 Å². The van der Waals surface area contributed by atoms with Crippen LogP contribution >= 0.6 is 0 Å². The predicted octanol–water partition coefficient (Wildman–Crippen LogP) is -0.587. The summed E-state index contributed by atoms with van der Waals surface area (Å²) in [6.45, 7) is 1.75. The summed E-state index contributed by atoms with van der Waals surface area (Å²) in [7, 11) is 0. The highest BCUT2D eigenvalue weighted by atomic mass is 16.4. The number of hydrogen-bond acceptors (Lipinski definition) is 4. The number of nitrogens with two attached hydrogens (primary N) is 1. The highest BCUT2D eigenvalue weighted by Crippen LogP contribution is 2.08. The number of carbonyl (C=O) groups excluding carboxylic acids is 1. The molecule has 0 aromatic carbocycles. The standard InChI is InChI=1S/C7H10N4O3/c1-2-5(6(8)12)11-3-4(7(13)14)9-10-11/h3,5H,2H2,1H3,(H2,8,12)(H,13,14). The number of amides is 1. The molecule has 76 valence electrons. The minimum atomic E-state index is -1.18. The van der Waals surface area contributed by atoms with Crippen LogP contribution in [0.15, 0.2) is 6.20 Å². The molecule has 1 unspecified atom stereocenters. The molecule has 7 nitrogen and oxygen atoms in total. The first-order valence-electron chi connectivity index (χ1n) is 4.00. The van der Waals surface area contributed by atoms with Gasteiger partial charge in [-0.3, -0.25) is 4.79 Å². The van der Waals surface area contributed by atoms with Crippen molar-refractivity contribution in [2.24, 2.45) is 5.73 Å². The maximum Gasteiger partial charge on any atom is 0.358 e. The van der Waals surface area contributed by atoms with Crippen molar-refractivity contribution in [1.29, 1.82) is 0 Å². The highest BCUT2D eigenvalue weighted by Gasteiger charge is 2.18. The second-order valence-electron chi connectivity index (χ2n) is 2.72. The third-order valence-electron chi connectivity index (χ3n) is 1.76. The SMILES string of the molecule is CCC(C(N)=O)n1cc(C(=O)O)nn1. The minimum Gasteiger partial charge on any atom is -0.476 e. The Morgan fingerprint density at radius 1 is 1.71 bits per heavy atom. The van der Waals surface area contributed by atoms with Crippen LogP contribution in [0.4, 0.5) is 0 Å². The zero-order valence-electron chi connectivity index (χ0n) is 7.54. The third kappa shape index (κ3) is 1.87. The van der Waals surface area contributed by atoms with Crippen LogP contribution in [0, 0.1) is 0 Å². The smallest absolute Gasteiger partial charge is 0.358 e. The average molecular weight is 198 g/mol. The largest absolute Gasteiger partial charge is 0.476 e. The topological polar surface area (TPSA) is 111 Å².